The van der Waals surface area contributed by atoms with Crippen LogP contribution in [0.2, 0.25) is 0 Å². The zero-order valence-corrected chi connectivity index (χ0v) is 9.82. The Hall–Kier alpha value is -1.62. The molecule has 16 heavy (non-hydrogen) atoms. The van der Waals surface area contributed by atoms with E-state index in [1.807, 2.05) is 24.7 Å². The predicted octanol–water partition coefficient (Wildman–Crippen LogP) is 1.59. The van der Waals surface area contributed by atoms with E-state index in [0.29, 0.717) is 6.54 Å². The van der Waals surface area contributed by atoms with Crippen LogP contribution in [-0.4, -0.2) is 21.8 Å². The maximum absolute atomic E-state index is 5.45. The van der Waals surface area contributed by atoms with Gasteiger partial charge in [0.05, 0.1) is 5.69 Å². The van der Waals surface area contributed by atoms with E-state index in [2.05, 4.69) is 22.3 Å². The second-order valence-corrected chi connectivity index (χ2v) is 3.65. The highest BCUT2D eigenvalue weighted by Crippen LogP contribution is 2.23. The normalized spacial score (nSPS) is 10.9. The number of aromatic nitrogens is 3. The van der Waals surface area contributed by atoms with Crippen LogP contribution in [0.15, 0.2) is 16.9 Å². The van der Waals surface area contributed by atoms with Gasteiger partial charge in [0.1, 0.15) is 11.4 Å². The molecule has 0 aliphatic carbocycles. The standard InChI is InChI=1S/C11H16N4O/c1-4-15-10(5-8(2)14-15)11-9(6-12-3)13-7-16-11/h5,7,12H,4,6H2,1-3H3. The molecule has 5 nitrogen and oxygen atoms in total. The molecule has 0 aliphatic heterocycles. The van der Waals surface area contributed by atoms with Crippen LogP contribution >= 0.6 is 0 Å². The highest BCUT2D eigenvalue weighted by Gasteiger charge is 2.15. The third kappa shape index (κ3) is 1.86. The summed E-state index contributed by atoms with van der Waals surface area (Å²) in [5, 5.41) is 7.47. The lowest BCUT2D eigenvalue weighted by molar-refractivity contribution is 0.555. The van der Waals surface area contributed by atoms with Crippen LogP contribution in [0.5, 0.6) is 0 Å². The topological polar surface area (TPSA) is 55.9 Å². The molecule has 0 aliphatic rings. The molecule has 0 bridgehead atoms. The summed E-state index contributed by atoms with van der Waals surface area (Å²) in [5.74, 6) is 0.803. The molecule has 0 aromatic carbocycles. The Kier molecular flexibility index (Phi) is 3.05. The molecular formula is C11H16N4O. The average Bonchev–Trinajstić information content (AvgIpc) is 2.84. The molecule has 2 rings (SSSR count). The van der Waals surface area contributed by atoms with E-state index in [1.54, 1.807) is 0 Å². The fourth-order valence-corrected chi connectivity index (χ4v) is 1.74. The number of aryl methyl sites for hydroxylation is 2. The van der Waals surface area contributed by atoms with Crippen LogP contribution in [0.4, 0.5) is 0 Å². The minimum absolute atomic E-state index is 0.694. The van der Waals surface area contributed by atoms with Crippen molar-refractivity contribution in [3.63, 3.8) is 0 Å². The van der Waals surface area contributed by atoms with Crippen molar-refractivity contribution in [2.75, 3.05) is 7.05 Å². The molecular weight excluding hydrogens is 204 g/mol. The van der Waals surface area contributed by atoms with Gasteiger partial charge in [-0.05, 0) is 27.0 Å². The number of nitrogens with one attached hydrogen (secondary N) is 1. The molecule has 0 saturated heterocycles. The Morgan fingerprint density at radius 1 is 1.50 bits per heavy atom. The van der Waals surface area contributed by atoms with Gasteiger partial charge in [-0.25, -0.2) is 4.98 Å². The Morgan fingerprint density at radius 3 is 3.00 bits per heavy atom. The highest BCUT2D eigenvalue weighted by atomic mass is 16.3. The number of nitrogens with zero attached hydrogens (tertiary/aromatic N) is 3. The van der Waals surface area contributed by atoms with E-state index in [1.165, 1.54) is 6.39 Å². The monoisotopic (exact) mass is 220 g/mol. The van der Waals surface area contributed by atoms with Gasteiger partial charge in [0, 0.05) is 13.1 Å². The summed E-state index contributed by atoms with van der Waals surface area (Å²) in [7, 11) is 1.89. The maximum Gasteiger partial charge on any atom is 0.181 e. The first kappa shape index (κ1) is 10.9. The predicted molar refractivity (Wildman–Crippen MR) is 60.9 cm³/mol. The van der Waals surface area contributed by atoms with Gasteiger partial charge in [-0.2, -0.15) is 5.10 Å². The Labute approximate surface area is 94.5 Å². The molecule has 0 atom stereocenters. The van der Waals surface area contributed by atoms with Crippen molar-refractivity contribution in [2.24, 2.45) is 0 Å². The van der Waals surface area contributed by atoms with Crippen molar-refractivity contribution < 1.29 is 4.42 Å². The number of oxazole rings is 1. The van der Waals surface area contributed by atoms with Gasteiger partial charge in [-0.1, -0.05) is 0 Å². The third-order valence-corrected chi connectivity index (χ3v) is 2.42. The number of hydrogen-bond acceptors (Lipinski definition) is 4. The van der Waals surface area contributed by atoms with E-state index in [4.69, 9.17) is 4.42 Å². The highest BCUT2D eigenvalue weighted by molar-refractivity contribution is 5.55. The molecule has 0 radical (unpaired) electrons. The van der Waals surface area contributed by atoms with E-state index >= 15 is 0 Å². The van der Waals surface area contributed by atoms with Crippen LogP contribution < -0.4 is 5.32 Å². The summed E-state index contributed by atoms with van der Waals surface area (Å²) in [6.45, 7) is 5.55. The molecule has 0 fully saturated rings. The Balaban J connectivity index is 2.45. The first-order valence-corrected chi connectivity index (χ1v) is 5.38. The van der Waals surface area contributed by atoms with Crippen LogP contribution in [-0.2, 0) is 13.1 Å². The van der Waals surface area contributed by atoms with Crippen LogP contribution in [0.3, 0.4) is 0 Å². The zero-order valence-electron chi connectivity index (χ0n) is 9.82. The van der Waals surface area contributed by atoms with Crippen LogP contribution in [0.1, 0.15) is 18.3 Å². The van der Waals surface area contributed by atoms with Crippen LogP contribution in [0.25, 0.3) is 11.5 Å². The molecule has 0 saturated carbocycles. The number of rotatable bonds is 4. The molecule has 2 aromatic rings. The first-order valence-electron chi connectivity index (χ1n) is 5.38. The van der Waals surface area contributed by atoms with Crippen molar-refractivity contribution in [3.8, 4) is 11.5 Å². The van der Waals surface area contributed by atoms with Gasteiger partial charge in [0.25, 0.3) is 0 Å². The smallest absolute Gasteiger partial charge is 0.181 e. The molecule has 86 valence electrons. The second-order valence-electron chi connectivity index (χ2n) is 3.65. The Morgan fingerprint density at radius 2 is 2.31 bits per heavy atom. The fraction of sp³-hybridized carbons (Fsp3) is 0.455. The van der Waals surface area contributed by atoms with E-state index < -0.39 is 0 Å². The summed E-state index contributed by atoms with van der Waals surface area (Å²) < 4.78 is 7.37. The van der Waals surface area contributed by atoms with Gasteiger partial charge in [0.2, 0.25) is 0 Å². The summed E-state index contributed by atoms with van der Waals surface area (Å²) in [5.41, 5.74) is 2.89. The number of hydrogen-bond donors (Lipinski definition) is 1. The van der Waals surface area contributed by atoms with Crippen LogP contribution in [0, 0.1) is 6.92 Å². The molecule has 0 unspecified atom stereocenters. The minimum atomic E-state index is 0.694. The van der Waals surface area contributed by atoms with E-state index in [9.17, 15) is 0 Å². The lowest BCUT2D eigenvalue weighted by Crippen LogP contribution is -2.07. The average molecular weight is 220 g/mol. The molecule has 1 N–H and O–H groups in total. The molecule has 0 spiro atoms. The summed E-state index contributed by atoms with van der Waals surface area (Å²) in [6.07, 6.45) is 1.48. The summed E-state index contributed by atoms with van der Waals surface area (Å²) in [4.78, 5) is 4.20. The lowest BCUT2D eigenvalue weighted by atomic mass is 10.2. The summed E-state index contributed by atoms with van der Waals surface area (Å²) in [6, 6.07) is 2.02. The van der Waals surface area contributed by atoms with Crippen molar-refractivity contribution >= 4 is 0 Å². The SMILES string of the molecule is CCn1nc(C)cc1-c1ocnc1CNC. The van der Waals surface area contributed by atoms with Gasteiger partial charge in [-0.15, -0.1) is 0 Å². The lowest BCUT2D eigenvalue weighted by Gasteiger charge is -2.03. The van der Waals surface area contributed by atoms with E-state index in [0.717, 1.165) is 29.4 Å². The zero-order chi connectivity index (χ0) is 11.5. The molecule has 0 amide bonds. The minimum Gasteiger partial charge on any atom is -0.442 e. The van der Waals surface area contributed by atoms with Gasteiger partial charge < -0.3 is 9.73 Å². The quantitative estimate of drug-likeness (QED) is 0.850. The second kappa shape index (κ2) is 4.49. The largest absolute Gasteiger partial charge is 0.442 e. The third-order valence-electron chi connectivity index (χ3n) is 2.42. The van der Waals surface area contributed by atoms with E-state index in [-0.39, 0.29) is 0 Å². The summed E-state index contributed by atoms with van der Waals surface area (Å²) >= 11 is 0. The van der Waals surface area contributed by atoms with Crippen molar-refractivity contribution in [2.45, 2.75) is 26.9 Å². The fourth-order valence-electron chi connectivity index (χ4n) is 1.74. The van der Waals surface area contributed by atoms with Gasteiger partial charge in [0.15, 0.2) is 12.2 Å². The Bertz CT molecular complexity index is 472. The molecule has 2 aromatic heterocycles. The first-order chi connectivity index (χ1) is 7.76. The molecule has 5 heteroatoms. The maximum atomic E-state index is 5.45. The molecule has 2 heterocycles. The van der Waals surface area contributed by atoms with Gasteiger partial charge >= 0.3 is 0 Å². The van der Waals surface area contributed by atoms with Crippen molar-refractivity contribution in [1.29, 1.82) is 0 Å². The van der Waals surface area contributed by atoms with Gasteiger partial charge in [-0.3, -0.25) is 4.68 Å². The van der Waals surface area contributed by atoms with Crippen molar-refractivity contribution in [3.05, 3.63) is 23.8 Å². The van der Waals surface area contributed by atoms with Crippen molar-refractivity contribution in [1.82, 2.24) is 20.1 Å².